The molecule has 0 aliphatic carbocycles. The summed E-state index contributed by atoms with van der Waals surface area (Å²) in [5.41, 5.74) is 4.39. The van der Waals surface area contributed by atoms with E-state index in [1.54, 1.807) is 24.3 Å². The first-order valence-electron chi connectivity index (χ1n) is 12.2. The van der Waals surface area contributed by atoms with Gasteiger partial charge in [-0.15, -0.1) is 0 Å². The van der Waals surface area contributed by atoms with E-state index in [2.05, 4.69) is 24.3 Å². The molecule has 0 saturated carbocycles. The number of hydrogen-bond acceptors (Lipinski definition) is 4. The van der Waals surface area contributed by atoms with Gasteiger partial charge in [0.1, 0.15) is 0 Å². The van der Waals surface area contributed by atoms with Gasteiger partial charge in [-0.25, -0.2) is 0 Å². The molecular formula is C30H26Na2O6S2. The van der Waals surface area contributed by atoms with Crippen molar-refractivity contribution in [1.82, 2.24) is 0 Å². The minimum Gasteiger partial charge on any atom is -0.282 e. The quantitative estimate of drug-likeness (QED) is 0.144. The van der Waals surface area contributed by atoms with Gasteiger partial charge >= 0.3 is 0 Å². The zero-order valence-corrected chi connectivity index (χ0v) is 28.0. The number of fused-ring (bicyclic) bond motifs is 2. The van der Waals surface area contributed by atoms with Crippen LogP contribution in [0.1, 0.15) is 22.3 Å². The standard InChI is InChI=1S/C30H26O6S2.2Na/c31-37(32,33)23-15-9-21(10-16-23)13-19-29-25-5-1-2-6-26(25)30(28-8-4-3-7-27(28)29)20-14-22-11-17-24(18-12-22)38(34,35)36;;/h1-12,15-18H,13-14,19-20H2,(H,31,32,33)(H,34,35,36);;. The molecule has 5 aromatic rings. The molecule has 5 rings (SSSR count). The third-order valence-electron chi connectivity index (χ3n) is 6.92. The molecule has 0 atom stereocenters. The SMILES string of the molecule is O=S(=O)(O)c1ccc(CCc2c3ccccc3c(CCc3ccc(S(=O)(=O)O)cc3)c3ccccc23)cc1.[Na].[Na]. The molecule has 0 spiro atoms. The molecule has 196 valence electrons. The first-order valence-corrected chi connectivity index (χ1v) is 15.0. The van der Waals surface area contributed by atoms with Crippen molar-refractivity contribution in [2.45, 2.75) is 35.5 Å². The maximum Gasteiger partial charge on any atom is 0.294 e. The zero-order valence-electron chi connectivity index (χ0n) is 22.4. The first-order chi connectivity index (χ1) is 18.1. The predicted octanol–water partition coefficient (Wildman–Crippen LogP) is 5.30. The van der Waals surface area contributed by atoms with Crippen molar-refractivity contribution in [3.05, 3.63) is 119 Å². The summed E-state index contributed by atoms with van der Waals surface area (Å²) < 4.78 is 64.0. The third kappa shape index (κ3) is 7.44. The Morgan fingerprint density at radius 1 is 0.425 bits per heavy atom. The molecule has 40 heavy (non-hydrogen) atoms. The average molecular weight is 593 g/mol. The molecule has 2 radical (unpaired) electrons. The van der Waals surface area contributed by atoms with Gasteiger partial charge in [0, 0.05) is 59.1 Å². The predicted molar refractivity (Wildman–Crippen MR) is 160 cm³/mol. The van der Waals surface area contributed by atoms with Crippen molar-refractivity contribution in [2.75, 3.05) is 0 Å². The minimum absolute atomic E-state index is 0. The monoisotopic (exact) mass is 592 g/mol. The van der Waals surface area contributed by atoms with Crippen molar-refractivity contribution >= 4 is 101 Å². The van der Waals surface area contributed by atoms with Crippen LogP contribution in [0, 0.1) is 0 Å². The minimum atomic E-state index is -4.22. The van der Waals surface area contributed by atoms with Crippen LogP contribution in [0.25, 0.3) is 21.5 Å². The van der Waals surface area contributed by atoms with Crippen LogP contribution in [0.5, 0.6) is 0 Å². The van der Waals surface area contributed by atoms with Gasteiger partial charge in [0.2, 0.25) is 0 Å². The van der Waals surface area contributed by atoms with Gasteiger partial charge < -0.3 is 0 Å². The van der Waals surface area contributed by atoms with E-state index < -0.39 is 20.2 Å². The van der Waals surface area contributed by atoms with E-state index in [-0.39, 0.29) is 68.9 Å². The number of aryl methyl sites for hydroxylation is 4. The maximum absolute atomic E-state index is 11.4. The summed E-state index contributed by atoms with van der Waals surface area (Å²) in [5.74, 6) is 0. The molecule has 0 amide bonds. The number of hydrogen-bond donors (Lipinski definition) is 2. The van der Waals surface area contributed by atoms with Crippen LogP contribution < -0.4 is 0 Å². The largest absolute Gasteiger partial charge is 0.294 e. The fourth-order valence-electron chi connectivity index (χ4n) is 5.04. The molecule has 0 fully saturated rings. The molecule has 0 aliphatic rings. The second kappa shape index (κ2) is 13.6. The average Bonchev–Trinajstić information content (AvgIpc) is 2.90. The molecule has 0 aromatic heterocycles. The topological polar surface area (TPSA) is 109 Å². The van der Waals surface area contributed by atoms with Crippen LogP contribution in [0.3, 0.4) is 0 Å². The van der Waals surface area contributed by atoms with Gasteiger partial charge in [-0.1, -0.05) is 72.8 Å². The van der Waals surface area contributed by atoms with Crippen molar-refractivity contribution < 1.29 is 25.9 Å². The van der Waals surface area contributed by atoms with Crippen LogP contribution in [-0.2, 0) is 45.9 Å². The molecule has 0 unspecified atom stereocenters. The van der Waals surface area contributed by atoms with Gasteiger partial charge in [-0.2, -0.15) is 16.8 Å². The van der Waals surface area contributed by atoms with Crippen LogP contribution >= 0.6 is 0 Å². The van der Waals surface area contributed by atoms with E-state index in [4.69, 9.17) is 0 Å². The summed E-state index contributed by atoms with van der Waals surface area (Å²) in [6.07, 6.45) is 2.92. The fraction of sp³-hybridized carbons (Fsp3) is 0.133. The van der Waals surface area contributed by atoms with Gasteiger partial charge in [0.15, 0.2) is 0 Å². The van der Waals surface area contributed by atoms with Gasteiger partial charge in [0.05, 0.1) is 9.79 Å². The smallest absolute Gasteiger partial charge is 0.282 e. The zero-order chi connectivity index (χ0) is 26.9. The van der Waals surface area contributed by atoms with Crippen molar-refractivity contribution in [3.8, 4) is 0 Å². The molecule has 5 aromatic carbocycles. The molecule has 2 N–H and O–H groups in total. The van der Waals surface area contributed by atoms with E-state index >= 15 is 0 Å². The summed E-state index contributed by atoms with van der Waals surface area (Å²) >= 11 is 0. The summed E-state index contributed by atoms with van der Waals surface area (Å²) in [5, 5.41) is 4.66. The normalized spacial score (nSPS) is 11.7. The van der Waals surface area contributed by atoms with Crippen LogP contribution in [0.2, 0.25) is 0 Å². The summed E-state index contributed by atoms with van der Waals surface area (Å²) in [6, 6.07) is 29.2. The molecule has 0 saturated heterocycles. The van der Waals surface area contributed by atoms with Gasteiger partial charge in [-0.05, 0) is 93.7 Å². The number of rotatable bonds is 8. The Labute approximate surface area is 278 Å². The van der Waals surface area contributed by atoms with Gasteiger partial charge in [0.25, 0.3) is 20.2 Å². The Balaban J connectivity index is 0.00000220. The molecule has 10 heteroatoms. The van der Waals surface area contributed by atoms with E-state index in [1.807, 2.05) is 24.3 Å². The third-order valence-corrected chi connectivity index (χ3v) is 8.66. The molecule has 0 heterocycles. The molecule has 0 aliphatic heterocycles. The second-order valence-electron chi connectivity index (χ2n) is 9.29. The van der Waals surface area contributed by atoms with Gasteiger partial charge in [-0.3, -0.25) is 9.11 Å². The second-order valence-corrected chi connectivity index (χ2v) is 12.1. The van der Waals surface area contributed by atoms with E-state index in [1.165, 1.54) is 35.4 Å². The summed E-state index contributed by atoms with van der Waals surface area (Å²) in [7, 11) is -8.44. The summed E-state index contributed by atoms with van der Waals surface area (Å²) in [6.45, 7) is 0. The Morgan fingerprint density at radius 2 is 0.700 bits per heavy atom. The number of benzene rings is 5. The maximum atomic E-state index is 11.4. The Morgan fingerprint density at radius 3 is 0.950 bits per heavy atom. The van der Waals surface area contributed by atoms with E-state index in [0.717, 1.165) is 45.5 Å². The van der Waals surface area contributed by atoms with Crippen LogP contribution in [0.4, 0.5) is 0 Å². The molecule has 0 bridgehead atoms. The Hall–Kier alpha value is -1.56. The fourth-order valence-corrected chi connectivity index (χ4v) is 6.00. The Bertz CT molecular complexity index is 1660. The van der Waals surface area contributed by atoms with Crippen molar-refractivity contribution in [3.63, 3.8) is 0 Å². The van der Waals surface area contributed by atoms with Crippen molar-refractivity contribution in [1.29, 1.82) is 0 Å². The van der Waals surface area contributed by atoms with Crippen LogP contribution in [-0.4, -0.2) is 85.1 Å². The molecular weight excluding hydrogens is 566 g/mol. The first kappa shape index (κ1) is 32.9. The molecule has 6 nitrogen and oxygen atoms in total. The Kier molecular flexibility index (Phi) is 11.2. The van der Waals surface area contributed by atoms with E-state index in [9.17, 15) is 25.9 Å². The summed E-state index contributed by atoms with van der Waals surface area (Å²) in [4.78, 5) is -0.233. The van der Waals surface area contributed by atoms with Crippen molar-refractivity contribution in [2.24, 2.45) is 0 Å². The van der Waals surface area contributed by atoms with E-state index in [0.29, 0.717) is 12.8 Å². The van der Waals surface area contributed by atoms with Crippen LogP contribution in [0.15, 0.2) is 107 Å².